The number of thiophene rings is 1. The van der Waals surface area contributed by atoms with E-state index in [0.717, 1.165) is 5.56 Å². The number of para-hydroxylation sites is 1. The molecule has 0 spiro atoms. The molecule has 2 amide bonds. The van der Waals surface area contributed by atoms with Gasteiger partial charge < -0.3 is 11.1 Å². The molecule has 1 heterocycles. The van der Waals surface area contributed by atoms with Crippen LogP contribution in [0.25, 0.3) is 6.08 Å². The van der Waals surface area contributed by atoms with E-state index in [2.05, 4.69) is 5.32 Å². The van der Waals surface area contributed by atoms with Gasteiger partial charge in [-0.1, -0.05) is 12.1 Å². The molecule has 19 heavy (non-hydrogen) atoms. The van der Waals surface area contributed by atoms with E-state index in [9.17, 15) is 9.59 Å². The van der Waals surface area contributed by atoms with Crippen molar-refractivity contribution in [2.45, 2.75) is 0 Å². The van der Waals surface area contributed by atoms with Crippen LogP contribution in [-0.2, 0) is 4.79 Å². The van der Waals surface area contributed by atoms with E-state index < -0.39 is 5.91 Å². The maximum atomic E-state index is 11.7. The van der Waals surface area contributed by atoms with Gasteiger partial charge in [0.15, 0.2) is 0 Å². The molecule has 0 saturated carbocycles. The first-order valence-corrected chi connectivity index (χ1v) is 6.51. The highest BCUT2D eigenvalue weighted by Gasteiger charge is 2.08. The molecule has 0 atom stereocenters. The summed E-state index contributed by atoms with van der Waals surface area (Å²) in [5.41, 5.74) is 6.90. The minimum Gasteiger partial charge on any atom is -0.366 e. The van der Waals surface area contributed by atoms with Crippen LogP contribution in [0.2, 0.25) is 0 Å². The van der Waals surface area contributed by atoms with E-state index in [4.69, 9.17) is 5.73 Å². The van der Waals surface area contributed by atoms with Gasteiger partial charge in [-0.15, -0.1) is 0 Å². The Morgan fingerprint density at radius 2 is 2.00 bits per heavy atom. The average molecular weight is 272 g/mol. The smallest absolute Gasteiger partial charge is 0.250 e. The number of nitrogens with two attached hydrogens (primary N) is 1. The van der Waals surface area contributed by atoms with Crippen molar-refractivity contribution in [1.82, 2.24) is 0 Å². The van der Waals surface area contributed by atoms with Crippen LogP contribution in [-0.4, -0.2) is 11.8 Å². The molecule has 1 aromatic heterocycles. The summed E-state index contributed by atoms with van der Waals surface area (Å²) in [6.45, 7) is 0. The van der Waals surface area contributed by atoms with Gasteiger partial charge in [0.1, 0.15) is 0 Å². The molecular formula is C14H12N2O2S. The predicted octanol–water partition coefficient (Wildman–Crippen LogP) is 2.50. The first-order valence-electron chi connectivity index (χ1n) is 5.57. The van der Waals surface area contributed by atoms with Crippen molar-refractivity contribution >= 4 is 34.9 Å². The number of carbonyl (C=O) groups excluding carboxylic acids is 2. The molecule has 3 N–H and O–H groups in total. The Kier molecular flexibility index (Phi) is 4.10. The summed E-state index contributed by atoms with van der Waals surface area (Å²) in [7, 11) is 0. The summed E-state index contributed by atoms with van der Waals surface area (Å²) in [6, 6.07) is 8.53. The lowest BCUT2D eigenvalue weighted by Gasteiger charge is -2.06. The summed E-state index contributed by atoms with van der Waals surface area (Å²) in [6.07, 6.45) is 3.12. The zero-order valence-electron chi connectivity index (χ0n) is 10.00. The average Bonchev–Trinajstić information content (AvgIpc) is 2.90. The summed E-state index contributed by atoms with van der Waals surface area (Å²) in [4.78, 5) is 22.9. The zero-order valence-corrected chi connectivity index (χ0v) is 10.8. The molecule has 0 unspecified atom stereocenters. The Labute approximate surface area is 114 Å². The molecule has 1 aromatic carbocycles. The summed E-state index contributed by atoms with van der Waals surface area (Å²) >= 11 is 1.56. The van der Waals surface area contributed by atoms with E-state index in [1.165, 1.54) is 6.08 Å². The Hall–Kier alpha value is -2.40. The second-order valence-electron chi connectivity index (χ2n) is 3.79. The lowest BCUT2D eigenvalue weighted by Crippen LogP contribution is -2.16. The van der Waals surface area contributed by atoms with Crippen LogP contribution in [0.5, 0.6) is 0 Å². The highest BCUT2D eigenvalue weighted by molar-refractivity contribution is 7.08. The second kappa shape index (κ2) is 5.97. The molecule has 2 aromatic rings. The molecule has 5 heteroatoms. The first-order chi connectivity index (χ1) is 9.16. The maximum Gasteiger partial charge on any atom is 0.250 e. The van der Waals surface area contributed by atoms with Crippen molar-refractivity contribution in [2.75, 3.05) is 5.32 Å². The number of rotatable bonds is 4. The number of hydrogen-bond donors (Lipinski definition) is 2. The Morgan fingerprint density at radius 1 is 1.21 bits per heavy atom. The third kappa shape index (κ3) is 3.53. The SMILES string of the molecule is NC(=O)c1ccccc1NC(=O)C=Cc1ccsc1. The van der Waals surface area contributed by atoms with Gasteiger partial charge >= 0.3 is 0 Å². The molecule has 0 aliphatic heterocycles. The third-order valence-electron chi connectivity index (χ3n) is 2.42. The number of anilines is 1. The monoisotopic (exact) mass is 272 g/mol. The van der Waals surface area contributed by atoms with Gasteiger partial charge in [0.25, 0.3) is 5.91 Å². The van der Waals surface area contributed by atoms with Gasteiger partial charge in [-0.3, -0.25) is 9.59 Å². The Balaban J connectivity index is 2.09. The molecule has 4 nitrogen and oxygen atoms in total. The van der Waals surface area contributed by atoms with E-state index in [0.29, 0.717) is 11.3 Å². The van der Waals surface area contributed by atoms with Crippen molar-refractivity contribution in [3.8, 4) is 0 Å². The van der Waals surface area contributed by atoms with Gasteiger partial charge in [0.05, 0.1) is 11.3 Å². The lowest BCUT2D eigenvalue weighted by molar-refractivity contribution is -0.111. The fourth-order valence-electron chi connectivity index (χ4n) is 1.52. The van der Waals surface area contributed by atoms with Crippen molar-refractivity contribution in [3.63, 3.8) is 0 Å². The predicted molar refractivity (Wildman–Crippen MR) is 76.9 cm³/mol. The maximum absolute atomic E-state index is 11.7. The number of amides is 2. The lowest BCUT2D eigenvalue weighted by atomic mass is 10.1. The summed E-state index contributed by atoms with van der Waals surface area (Å²) in [5, 5.41) is 6.49. The summed E-state index contributed by atoms with van der Waals surface area (Å²) in [5.74, 6) is -0.877. The van der Waals surface area contributed by atoms with Gasteiger partial charge in [0.2, 0.25) is 5.91 Å². The number of primary amides is 1. The van der Waals surface area contributed by atoms with Crippen LogP contribution >= 0.6 is 11.3 Å². The Morgan fingerprint density at radius 3 is 2.68 bits per heavy atom. The highest BCUT2D eigenvalue weighted by atomic mass is 32.1. The van der Waals surface area contributed by atoms with Crippen LogP contribution in [0.1, 0.15) is 15.9 Å². The normalized spacial score (nSPS) is 10.5. The minimum absolute atomic E-state index is 0.291. The molecule has 0 aliphatic carbocycles. The standard InChI is InChI=1S/C14H12N2O2S/c15-14(18)11-3-1-2-4-12(11)16-13(17)6-5-10-7-8-19-9-10/h1-9H,(H2,15,18)(H,16,17). The molecule has 0 aliphatic rings. The van der Waals surface area contributed by atoms with Crippen LogP contribution in [0.15, 0.2) is 47.2 Å². The molecule has 0 bridgehead atoms. The number of hydrogen-bond acceptors (Lipinski definition) is 3. The first kappa shape index (κ1) is 13.0. The van der Waals surface area contributed by atoms with Crippen LogP contribution in [0.4, 0.5) is 5.69 Å². The third-order valence-corrected chi connectivity index (χ3v) is 3.12. The van der Waals surface area contributed by atoms with Crippen molar-refractivity contribution in [3.05, 3.63) is 58.3 Å². The van der Waals surface area contributed by atoms with Crippen LogP contribution in [0.3, 0.4) is 0 Å². The molecule has 0 fully saturated rings. The Bertz CT molecular complexity index is 618. The van der Waals surface area contributed by atoms with Crippen molar-refractivity contribution in [2.24, 2.45) is 5.73 Å². The molecule has 0 saturated heterocycles. The highest BCUT2D eigenvalue weighted by Crippen LogP contribution is 2.14. The molecular weight excluding hydrogens is 260 g/mol. The number of benzene rings is 1. The summed E-state index contributed by atoms with van der Waals surface area (Å²) < 4.78 is 0. The zero-order chi connectivity index (χ0) is 13.7. The topological polar surface area (TPSA) is 72.2 Å². The second-order valence-corrected chi connectivity index (χ2v) is 4.57. The number of nitrogens with one attached hydrogen (secondary N) is 1. The van der Waals surface area contributed by atoms with E-state index in [1.807, 2.05) is 16.8 Å². The van der Waals surface area contributed by atoms with Crippen LogP contribution < -0.4 is 11.1 Å². The van der Waals surface area contributed by atoms with Gasteiger partial charge in [-0.2, -0.15) is 11.3 Å². The molecule has 2 rings (SSSR count). The van der Waals surface area contributed by atoms with E-state index in [-0.39, 0.29) is 5.91 Å². The minimum atomic E-state index is -0.572. The fraction of sp³-hybridized carbons (Fsp3) is 0. The number of carbonyl (C=O) groups is 2. The largest absolute Gasteiger partial charge is 0.366 e. The molecule has 96 valence electrons. The fourth-order valence-corrected chi connectivity index (χ4v) is 2.15. The van der Waals surface area contributed by atoms with Crippen molar-refractivity contribution in [1.29, 1.82) is 0 Å². The quantitative estimate of drug-likeness (QED) is 0.839. The van der Waals surface area contributed by atoms with Crippen molar-refractivity contribution < 1.29 is 9.59 Å². The van der Waals surface area contributed by atoms with E-state index >= 15 is 0 Å². The van der Waals surface area contributed by atoms with Gasteiger partial charge in [-0.25, -0.2) is 0 Å². The van der Waals surface area contributed by atoms with Crippen LogP contribution in [0, 0.1) is 0 Å². The van der Waals surface area contributed by atoms with E-state index in [1.54, 1.807) is 41.7 Å². The van der Waals surface area contributed by atoms with Gasteiger partial charge in [0, 0.05) is 6.08 Å². The molecule has 0 radical (unpaired) electrons. The van der Waals surface area contributed by atoms with Gasteiger partial charge in [-0.05, 0) is 40.6 Å².